The Bertz CT molecular complexity index is 1230. The zero-order chi connectivity index (χ0) is 19.7. The molecule has 0 atom stereocenters. The molecule has 0 aliphatic carbocycles. The molecular formula is C22H18N4OS. The average molecular weight is 386 g/mol. The molecule has 4 rings (SSSR count). The lowest BCUT2D eigenvalue weighted by Crippen LogP contribution is -2.13. The molecule has 5 nitrogen and oxygen atoms in total. The van der Waals surface area contributed by atoms with E-state index in [4.69, 9.17) is 5.73 Å². The highest BCUT2D eigenvalue weighted by Gasteiger charge is 2.20. The van der Waals surface area contributed by atoms with Crippen LogP contribution in [0.1, 0.15) is 34.9 Å². The Morgan fingerprint density at radius 2 is 2.00 bits per heavy atom. The number of fused-ring (bicyclic) bond motifs is 1. The van der Waals surface area contributed by atoms with Crippen molar-refractivity contribution in [1.29, 1.82) is 0 Å². The van der Waals surface area contributed by atoms with Crippen molar-refractivity contribution in [1.82, 2.24) is 14.8 Å². The van der Waals surface area contributed by atoms with Gasteiger partial charge >= 0.3 is 0 Å². The van der Waals surface area contributed by atoms with Crippen LogP contribution in [-0.2, 0) is 5.41 Å². The predicted molar refractivity (Wildman–Crippen MR) is 112 cm³/mol. The number of benzene rings is 2. The molecule has 2 N–H and O–H groups in total. The second-order valence-electron chi connectivity index (χ2n) is 6.90. The Morgan fingerprint density at radius 3 is 2.75 bits per heavy atom. The van der Waals surface area contributed by atoms with Crippen LogP contribution in [0.3, 0.4) is 0 Å². The predicted octanol–water partition coefficient (Wildman–Crippen LogP) is 3.91. The number of rotatable bonds is 3. The fraction of sp³-hybridized carbons (Fsp3) is 0.136. The molecule has 28 heavy (non-hydrogen) atoms. The van der Waals surface area contributed by atoms with Crippen LogP contribution in [-0.4, -0.2) is 20.7 Å². The first-order valence-electron chi connectivity index (χ1n) is 8.77. The third kappa shape index (κ3) is 3.28. The molecule has 0 fully saturated rings. The molecule has 2 aromatic heterocycles. The monoisotopic (exact) mass is 386 g/mol. The number of hydrogen-bond acceptors (Lipinski definition) is 4. The van der Waals surface area contributed by atoms with Crippen LogP contribution in [0.5, 0.6) is 0 Å². The highest BCUT2D eigenvalue weighted by atomic mass is 32.1. The van der Waals surface area contributed by atoms with Gasteiger partial charge in [-0.2, -0.15) is 5.10 Å². The minimum Gasteiger partial charge on any atom is -0.364 e. The Morgan fingerprint density at radius 1 is 1.18 bits per heavy atom. The van der Waals surface area contributed by atoms with E-state index < -0.39 is 5.91 Å². The average Bonchev–Trinajstić information content (AvgIpc) is 3.35. The number of amides is 1. The summed E-state index contributed by atoms with van der Waals surface area (Å²) in [5, 5.41) is 8.11. The summed E-state index contributed by atoms with van der Waals surface area (Å²) in [6.07, 6.45) is 1.79. The summed E-state index contributed by atoms with van der Waals surface area (Å²) in [5.41, 5.74) is 7.94. The highest BCUT2D eigenvalue weighted by molar-refractivity contribution is 7.09. The van der Waals surface area contributed by atoms with Crippen molar-refractivity contribution in [2.45, 2.75) is 19.3 Å². The molecule has 138 valence electrons. The van der Waals surface area contributed by atoms with E-state index in [1.807, 2.05) is 53.9 Å². The molecule has 0 radical (unpaired) electrons. The van der Waals surface area contributed by atoms with E-state index in [-0.39, 0.29) is 11.1 Å². The summed E-state index contributed by atoms with van der Waals surface area (Å²) in [6, 6.07) is 15.3. The SMILES string of the molecule is CC(C)(C#Cc1cccc(-n2nc(C(N)=O)c3ccccc32)c1)c1nccs1. The molecule has 0 aliphatic rings. The Balaban J connectivity index is 1.76. The molecule has 0 aliphatic heterocycles. The molecule has 0 saturated carbocycles. The second-order valence-corrected chi connectivity index (χ2v) is 7.80. The first-order chi connectivity index (χ1) is 13.5. The smallest absolute Gasteiger partial charge is 0.269 e. The summed E-state index contributed by atoms with van der Waals surface area (Å²) < 4.78 is 1.73. The van der Waals surface area contributed by atoms with E-state index in [1.165, 1.54) is 0 Å². The van der Waals surface area contributed by atoms with Gasteiger partial charge in [0.25, 0.3) is 5.91 Å². The fourth-order valence-electron chi connectivity index (χ4n) is 2.97. The number of thiazole rings is 1. The maximum absolute atomic E-state index is 11.8. The van der Waals surface area contributed by atoms with Gasteiger partial charge in [-0.3, -0.25) is 4.79 Å². The summed E-state index contributed by atoms with van der Waals surface area (Å²) >= 11 is 1.60. The van der Waals surface area contributed by atoms with E-state index in [0.29, 0.717) is 0 Å². The minimum atomic E-state index is -0.545. The Kier molecular flexibility index (Phi) is 4.46. The Labute approximate surface area is 166 Å². The van der Waals surface area contributed by atoms with Crippen LogP contribution >= 0.6 is 11.3 Å². The number of carbonyl (C=O) groups excluding carboxylic acids is 1. The molecule has 0 saturated heterocycles. The van der Waals surface area contributed by atoms with Gasteiger partial charge in [-0.25, -0.2) is 9.67 Å². The quantitative estimate of drug-likeness (QED) is 0.543. The first kappa shape index (κ1) is 18.0. The van der Waals surface area contributed by atoms with Gasteiger partial charge in [0.1, 0.15) is 5.01 Å². The lowest BCUT2D eigenvalue weighted by Gasteiger charge is -2.13. The van der Waals surface area contributed by atoms with Gasteiger partial charge in [0.05, 0.1) is 16.6 Å². The zero-order valence-electron chi connectivity index (χ0n) is 15.5. The molecule has 2 heterocycles. The van der Waals surface area contributed by atoms with Crippen LogP contribution in [0.4, 0.5) is 0 Å². The summed E-state index contributed by atoms with van der Waals surface area (Å²) in [6.45, 7) is 4.12. The van der Waals surface area contributed by atoms with Crippen molar-refractivity contribution in [2.24, 2.45) is 5.73 Å². The van der Waals surface area contributed by atoms with Crippen LogP contribution in [0.25, 0.3) is 16.6 Å². The van der Waals surface area contributed by atoms with Crippen molar-refractivity contribution >= 4 is 28.1 Å². The van der Waals surface area contributed by atoms with Gasteiger partial charge in [-0.05, 0) is 38.1 Å². The van der Waals surface area contributed by atoms with Gasteiger partial charge in [0.15, 0.2) is 5.69 Å². The third-order valence-electron chi connectivity index (χ3n) is 4.40. The maximum atomic E-state index is 11.8. The fourth-order valence-corrected chi connectivity index (χ4v) is 3.69. The third-order valence-corrected chi connectivity index (χ3v) is 5.49. The van der Waals surface area contributed by atoms with Crippen molar-refractivity contribution in [3.63, 3.8) is 0 Å². The van der Waals surface area contributed by atoms with E-state index >= 15 is 0 Å². The minimum absolute atomic E-state index is 0.261. The largest absolute Gasteiger partial charge is 0.364 e. The number of para-hydroxylation sites is 1. The molecule has 6 heteroatoms. The van der Waals surface area contributed by atoms with Crippen LogP contribution in [0, 0.1) is 11.8 Å². The van der Waals surface area contributed by atoms with Crippen molar-refractivity contribution < 1.29 is 4.79 Å². The van der Waals surface area contributed by atoms with Crippen molar-refractivity contribution in [3.05, 3.63) is 76.4 Å². The van der Waals surface area contributed by atoms with Gasteiger partial charge in [0, 0.05) is 22.5 Å². The zero-order valence-corrected chi connectivity index (χ0v) is 16.3. The molecule has 4 aromatic rings. The Hall–Kier alpha value is -3.43. The van der Waals surface area contributed by atoms with Crippen molar-refractivity contribution in [2.75, 3.05) is 0 Å². The molecule has 0 bridgehead atoms. The van der Waals surface area contributed by atoms with Crippen LogP contribution < -0.4 is 5.73 Å². The first-order valence-corrected chi connectivity index (χ1v) is 9.65. The molecular weight excluding hydrogens is 368 g/mol. The number of nitrogens with two attached hydrogens (primary N) is 1. The number of nitrogens with zero attached hydrogens (tertiary/aromatic N) is 3. The van der Waals surface area contributed by atoms with Crippen LogP contribution in [0.15, 0.2) is 60.1 Å². The lowest BCUT2D eigenvalue weighted by atomic mass is 9.95. The van der Waals surface area contributed by atoms with E-state index in [9.17, 15) is 4.79 Å². The van der Waals surface area contributed by atoms with Gasteiger partial charge in [0.2, 0.25) is 0 Å². The number of primary amides is 1. The lowest BCUT2D eigenvalue weighted by molar-refractivity contribution is 0.0996. The summed E-state index contributed by atoms with van der Waals surface area (Å²) in [4.78, 5) is 16.1. The number of aromatic nitrogens is 3. The van der Waals surface area contributed by atoms with Crippen molar-refractivity contribution in [3.8, 4) is 17.5 Å². The second kappa shape index (κ2) is 6.95. The molecule has 1 amide bonds. The van der Waals surface area contributed by atoms with E-state index in [1.54, 1.807) is 22.2 Å². The van der Waals surface area contributed by atoms with Gasteiger partial charge in [-0.15, -0.1) is 11.3 Å². The van der Waals surface area contributed by atoms with Gasteiger partial charge < -0.3 is 5.73 Å². The standard InChI is InChI=1S/C22H18N4OS/c1-22(2,21-24-12-13-28-21)11-10-15-6-5-7-16(14-15)26-18-9-4-3-8-17(18)19(25-26)20(23)27/h3-9,12-14H,1-2H3,(H2,23,27). The van der Waals surface area contributed by atoms with E-state index in [2.05, 4.69) is 35.8 Å². The normalized spacial score (nSPS) is 11.2. The molecule has 0 spiro atoms. The highest BCUT2D eigenvalue weighted by Crippen LogP contribution is 2.25. The summed E-state index contributed by atoms with van der Waals surface area (Å²) in [7, 11) is 0. The maximum Gasteiger partial charge on any atom is 0.269 e. The molecule has 0 unspecified atom stereocenters. The van der Waals surface area contributed by atoms with E-state index in [0.717, 1.165) is 27.2 Å². The topological polar surface area (TPSA) is 73.8 Å². The van der Waals surface area contributed by atoms with Crippen LogP contribution in [0.2, 0.25) is 0 Å². The summed E-state index contributed by atoms with van der Waals surface area (Å²) in [5.74, 6) is 6.01. The molecule has 2 aromatic carbocycles. The number of carbonyl (C=O) groups is 1. The van der Waals surface area contributed by atoms with Gasteiger partial charge in [-0.1, -0.05) is 36.1 Å². The number of hydrogen-bond donors (Lipinski definition) is 1.